The van der Waals surface area contributed by atoms with E-state index < -0.39 is 17.7 Å². The second kappa shape index (κ2) is 10.4. The lowest BCUT2D eigenvalue weighted by Crippen LogP contribution is -2.29. The molecule has 0 aromatic heterocycles. The third kappa shape index (κ3) is 4.91. The largest absolute Gasteiger partial charge is 0.507 e. The van der Waals surface area contributed by atoms with E-state index in [-0.39, 0.29) is 16.7 Å². The molecule has 198 valence electrons. The molecule has 3 aromatic rings. The lowest BCUT2D eigenvalue weighted by atomic mass is 9.85. The number of amides is 1. The Bertz CT molecular complexity index is 1410. The summed E-state index contributed by atoms with van der Waals surface area (Å²) < 4.78 is 11.3. The maximum Gasteiger partial charge on any atom is 0.300 e. The average Bonchev–Trinajstić information content (AvgIpc) is 3.13. The molecule has 1 unspecified atom stereocenters. The van der Waals surface area contributed by atoms with Crippen LogP contribution in [-0.2, 0) is 15.0 Å². The monoisotopic (exact) mass is 513 g/mol. The van der Waals surface area contributed by atoms with Gasteiger partial charge in [-0.3, -0.25) is 14.5 Å². The van der Waals surface area contributed by atoms with Crippen molar-refractivity contribution in [1.82, 2.24) is 0 Å². The molecule has 4 rings (SSSR count). The Labute approximate surface area is 224 Å². The predicted octanol–water partition coefficient (Wildman–Crippen LogP) is 6.63. The van der Waals surface area contributed by atoms with Crippen LogP contribution in [0.1, 0.15) is 61.6 Å². The molecule has 1 aliphatic rings. The number of aliphatic hydroxyl groups excluding tert-OH is 1. The molecule has 6 nitrogen and oxygen atoms in total. The fraction of sp³-hybridized carbons (Fsp3) is 0.312. The molecule has 0 aliphatic carbocycles. The Morgan fingerprint density at radius 1 is 1.00 bits per heavy atom. The van der Waals surface area contributed by atoms with Gasteiger partial charge in [-0.1, -0.05) is 57.2 Å². The van der Waals surface area contributed by atoms with Crippen LogP contribution >= 0.6 is 0 Å². The Hall–Kier alpha value is -4.06. The fourth-order valence-corrected chi connectivity index (χ4v) is 5.02. The molecule has 0 bridgehead atoms. The molecule has 0 radical (unpaired) electrons. The first-order valence-electron chi connectivity index (χ1n) is 12.8. The molecular weight excluding hydrogens is 478 g/mol. The lowest BCUT2D eigenvalue weighted by Gasteiger charge is -2.27. The lowest BCUT2D eigenvalue weighted by molar-refractivity contribution is -0.132. The Kier molecular flexibility index (Phi) is 7.36. The van der Waals surface area contributed by atoms with Gasteiger partial charge in [0.15, 0.2) is 0 Å². The summed E-state index contributed by atoms with van der Waals surface area (Å²) in [5, 5.41) is 11.7. The van der Waals surface area contributed by atoms with Crippen molar-refractivity contribution in [2.75, 3.05) is 18.6 Å². The van der Waals surface area contributed by atoms with Gasteiger partial charge in [0.05, 0.1) is 30.9 Å². The summed E-state index contributed by atoms with van der Waals surface area (Å²) in [5.74, 6) is -0.687. The van der Waals surface area contributed by atoms with E-state index in [2.05, 4.69) is 20.8 Å². The van der Waals surface area contributed by atoms with E-state index in [9.17, 15) is 14.7 Å². The molecule has 1 fully saturated rings. The number of nitrogens with zero attached hydrogens (tertiary/aromatic N) is 1. The minimum absolute atomic E-state index is 0.0172. The molecule has 1 atom stereocenters. The summed E-state index contributed by atoms with van der Waals surface area (Å²) in [6.45, 7) is 12.5. The molecule has 38 heavy (non-hydrogen) atoms. The van der Waals surface area contributed by atoms with E-state index >= 15 is 0 Å². The summed E-state index contributed by atoms with van der Waals surface area (Å²) >= 11 is 0. The van der Waals surface area contributed by atoms with Gasteiger partial charge in [-0.25, -0.2) is 0 Å². The molecule has 3 aromatic carbocycles. The minimum Gasteiger partial charge on any atom is -0.507 e. The highest BCUT2D eigenvalue weighted by Crippen LogP contribution is 2.44. The summed E-state index contributed by atoms with van der Waals surface area (Å²) in [5.41, 5.74) is 4.38. The summed E-state index contributed by atoms with van der Waals surface area (Å²) in [7, 11) is 1.52. The van der Waals surface area contributed by atoms with E-state index in [0.717, 1.165) is 16.7 Å². The van der Waals surface area contributed by atoms with Gasteiger partial charge in [0.1, 0.15) is 17.3 Å². The van der Waals surface area contributed by atoms with Gasteiger partial charge in [0, 0.05) is 11.8 Å². The first-order valence-corrected chi connectivity index (χ1v) is 12.8. The maximum atomic E-state index is 13.6. The zero-order chi connectivity index (χ0) is 27.8. The van der Waals surface area contributed by atoms with Crippen LogP contribution in [0.4, 0.5) is 5.69 Å². The van der Waals surface area contributed by atoms with Crippen molar-refractivity contribution in [3.63, 3.8) is 0 Å². The number of hydrogen-bond donors (Lipinski definition) is 1. The van der Waals surface area contributed by atoms with Gasteiger partial charge in [-0.05, 0) is 66.6 Å². The van der Waals surface area contributed by atoms with Crippen LogP contribution in [0.15, 0.2) is 66.2 Å². The number of ketones is 1. The second-order valence-corrected chi connectivity index (χ2v) is 10.6. The molecule has 1 N–H and O–H groups in total. The standard InChI is InChI=1S/C32H35NO5/c1-8-38-24-11-9-10-23(18-24)33-27(21-12-14-22(15-13-21)32(4,5)6)26(29(35)31(33)36)28(34)25-17-19(2)16-20(3)30(25)37-7/h9-18,27,34H,8H2,1-7H3/b28-26+. The topological polar surface area (TPSA) is 76.1 Å². The zero-order valence-corrected chi connectivity index (χ0v) is 23.1. The van der Waals surface area contributed by atoms with Gasteiger partial charge in [-0.2, -0.15) is 0 Å². The smallest absolute Gasteiger partial charge is 0.300 e. The number of rotatable bonds is 6. The molecule has 1 amide bonds. The van der Waals surface area contributed by atoms with Crippen LogP contribution in [0, 0.1) is 13.8 Å². The maximum absolute atomic E-state index is 13.6. The first-order chi connectivity index (χ1) is 18.0. The van der Waals surface area contributed by atoms with Crippen molar-refractivity contribution in [2.45, 2.75) is 53.0 Å². The van der Waals surface area contributed by atoms with E-state index in [4.69, 9.17) is 9.47 Å². The van der Waals surface area contributed by atoms with Gasteiger partial charge in [0.2, 0.25) is 0 Å². The van der Waals surface area contributed by atoms with Crippen molar-refractivity contribution >= 4 is 23.1 Å². The van der Waals surface area contributed by atoms with Crippen molar-refractivity contribution in [1.29, 1.82) is 0 Å². The van der Waals surface area contributed by atoms with Crippen molar-refractivity contribution < 1.29 is 24.2 Å². The normalized spacial score (nSPS) is 17.1. The number of hydrogen-bond acceptors (Lipinski definition) is 5. The van der Waals surface area contributed by atoms with Gasteiger partial charge in [-0.15, -0.1) is 0 Å². The number of anilines is 1. The first kappa shape index (κ1) is 27.0. The minimum atomic E-state index is -0.841. The van der Waals surface area contributed by atoms with E-state index in [1.54, 1.807) is 30.3 Å². The molecular formula is C32H35NO5. The number of aryl methyl sites for hydroxylation is 2. The highest BCUT2D eigenvalue weighted by Gasteiger charge is 2.47. The summed E-state index contributed by atoms with van der Waals surface area (Å²) in [6, 6.07) is 17.8. The number of carbonyl (C=O) groups is 2. The molecule has 1 aliphatic heterocycles. The third-order valence-corrected chi connectivity index (χ3v) is 6.82. The molecule has 6 heteroatoms. The van der Waals surface area contributed by atoms with Gasteiger partial charge < -0.3 is 14.6 Å². The van der Waals surface area contributed by atoms with Crippen LogP contribution in [0.2, 0.25) is 0 Å². The van der Waals surface area contributed by atoms with E-state index in [1.807, 2.05) is 51.1 Å². The van der Waals surface area contributed by atoms with Crippen LogP contribution in [0.3, 0.4) is 0 Å². The van der Waals surface area contributed by atoms with Crippen molar-refractivity contribution in [3.8, 4) is 11.5 Å². The Balaban J connectivity index is 1.98. The van der Waals surface area contributed by atoms with Crippen molar-refractivity contribution in [2.24, 2.45) is 0 Å². The molecule has 0 saturated carbocycles. The van der Waals surface area contributed by atoms with Gasteiger partial charge in [0.25, 0.3) is 11.7 Å². The molecule has 1 saturated heterocycles. The zero-order valence-electron chi connectivity index (χ0n) is 23.1. The van der Waals surface area contributed by atoms with E-state index in [1.165, 1.54) is 12.0 Å². The van der Waals surface area contributed by atoms with E-state index in [0.29, 0.717) is 34.9 Å². The number of aliphatic hydroxyl groups is 1. The number of carbonyl (C=O) groups excluding carboxylic acids is 2. The number of methoxy groups -OCH3 is 1. The van der Waals surface area contributed by atoms with Crippen LogP contribution in [-0.4, -0.2) is 30.5 Å². The quantitative estimate of drug-likeness (QED) is 0.227. The summed E-state index contributed by atoms with van der Waals surface area (Å²) in [4.78, 5) is 28.6. The Morgan fingerprint density at radius 2 is 1.68 bits per heavy atom. The van der Waals surface area contributed by atoms with Crippen LogP contribution in [0.5, 0.6) is 11.5 Å². The molecule has 1 heterocycles. The highest BCUT2D eigenvalue weighted by atomic mass is 16.5. The molecule has 0 spiro atoms. The van der Waals surface area contributed by atoms with Crippen LogP contribution < -0.4 is 14.4 Å². The number of ether oxygens (including phenoxy) is 2. The predicted molar refractivity (Wildman–Crippen MR) is 150 cm³/mol. The number of Topliss-reactive ketones (excluding diaryl/α,β-unsaturated/α-hetero) is 1. The van der Waals surface area contributed by atoms with Crippen LogP contribution in [0.25, 0.3) is 5.76 Å². The SMILES string of the molecule is CCOc1cccc(N2C(=O)C(=O)/C(=C(/O)c3cc(C)cc(C)c3OC)C2c2ccc(C(C)(C)C)cc2)c1. The number of benzene rings is 3. The Morgan fingerprint density at radius 3 is 2.29 bits per heavy atom. The summed E-state index contributed by atoms with van der Waals surface area (Å²) in [6.07, 6.45) is 0. The average molecular weight is 514 g/mol. The van der Waals surface area contributed by atoms with Gasteiger partial charge >= 0.3 is 0 Å². The third-order valence-electron chi connectivity index (χ3n) is 6.82. The highest BCUT2D eigenvalue weighted by molar-refractivity contribution is 6.51. The second-order valence-electron chi connectivity index (χ2n) is 10.6. The fourth-order valence-electron chi connectivity index (χ4n) is 5.02. The van der Waals surface area contributed by atoms with Crippen molar-refractivity contribution in [3.05, 3.63) is 94.1 Å².